The Morgan fingerprint density at radius 3 is 2.59 bits per heavy atom. The van der Waals surface area contributed by atoms with Crippen molar-refractivity contribution in [1.29, 1.82) is 0 Å². The molecule has 1 atom stereocenters. The third-order valence-electron chi connectivity index (χ3n) is 6.93. The summed E-state index contributed by atoms with van der Waals surface area (Å²) in [6, 6.07) is 4.65. The Kier molecular flexibility index (Phi) is 7.69. The molecular formula is C25H34N2O5SSi. The molecule has 3 rings (SSSR count). The second kappa shape index (κ2) is 10.0. The molecule has 1 aromatic carbocycles. The molecule has 1 aliphatic heterocycles. The molecule has 9 heteroatoms. The number of benzene rings is 1. The molecule has 1 aliphatic rings. The van der Waals surface area contributed by atoms with Crippen molar-refractivity contribution in [1.82, 2.24) is 4.90 Å². The fraction of sp³-hybridized carbons (Fsp3) is 0.480. The summed E-state index contributed by atoms with van der Waals surface area (Å²) in [5.74, 6) is 0.0731. The number of rotatable bonds is 7. The van der Waals surface area contributed by atoms with Gasteiger partial charge in [0, 0.05) is 18.7 Å². The van der Waals surface area contributed by atoms with Crippen molar-refractivity contribution in [2.45, 2.75) is 58.3 Å². The van der Waals surface area contributed by atoms with Crippen molar-refractivity contribution in [3.05, 3.63) is 61.8 Å². The molecule has 0 spiro atoms. The first-order chi connectivity index (χ1) is 15.9. The molecule has 7 nitrogen and oxygen atoms in total. The van der Waals surface area contributed by atoms with E-state index in [2.05, 4.69) is 51.4 Å². The Labute approximate surface area is 206 Å². The van der Waals surface area contributed by atoms with Crippen molar-refractivity contribution in [2.24, 2.45) is 0 Å². The van der Waals surface area contributed by atoms with Gasteiger partial charge < -0.3 is 14.1 Å². The lowest BCUT2D eigenvalue weighted by atomic mass is 9.96. The van der Waals surface area contributed by atoms with Gasteiger partial charge in [0.05, 0.1) is 24.7 Å². The highest BCUT2D eigenvalue weighted by Crippen LogP contribution is 2.38. The van der Waals surface area contributed by atoms with Gasteiger partial charge in [-0.15, -0.1) is 0 Å². The van der Waals surface area contributed by atoms with Crippen LogP contribution in [-0.4, -0.2) is 50.4 Å². The Bertz CT molecular complexity index is 1090. The third kappa shape index (κ3) is 5.42. The van der Waals surface area contributed by atoms with E-state index >= 15 is 0 Å². The van der Waals surface area contributed by atoms with Gasteiger partial charge in [-0.25, -0.2) is 0 Å². The van der Waals surface area contributed by atoms with Gasteiger partial charge in [0.15, 0.2) is 8.32 Å². The topological polar surface area (TPSA) is 81.9 Å². The standard InChI is InChI=1S/C25H34N2O5SSi/c1-17-12-22(27(29)30)21(14-23(17)31-5)24(28)26-10-8-18(19-9-11-33-16-19)13-20(26)15-32-34(6,7)25(2,3)4/h9,11-14,16,20H,8,10,15H2,1-7H3/t20-/m0/s1. The lowest BCUT2D eigenvalue weighted by Gasteiger charge is -2.40. The molecule has 0 radical (unpaired) electrons. The minimum atomic E-state index is -2.07. The van der Waals surface area contributed by atoms with Crippen LogP contribution in [0.15, 0.2) is 35.0 Å². The number of hydrogen-bond donors (Lipinski definition) is 0. The summed E-state index contributed by atoms with van der Waals surface area (Å²) in [5, 5.41) is 15.9. The van der Waals surface area contributed by atoms with Gasteiger partial charge in [-0.05, 0) is 65.0 Å². The molecule has 0 aliphatic carbocycles. The first-order valence-corrected chi connectivity index (χ1v) is 15.2. The second-order valence-electron chi connectivity index (χ2n) is 10.2. The van der Waals surface area contributed by atoms with Crippen LogP contribution in [0.25, 0.3) is 5.57 Å². The van der Waals surface area contributed by atoms with Crippen LogP contribution in [0.1, 0.15) is 48.7 Å². The van der Waals surface area contributed by atoms with Crippen LogP contribution in [0.4, 0.5) is 5.69 Å². The summed E-state index contributed by atoms with van der Waals surface area (Å²) in [4.78, 5) is 26.7. The number of aryl methyl sites for hydroxylation is 1. The highest BCUT2D eigenvalue weighted by Gasteiger charge is 2.39. The molecular weight excluding hydrogens is 468 g/mol. The highest BCUT2D eigenvalue weighted by molar-refractivity contribution is 7.08. The number of nitrogens with zero attached hydrogens (tertiary/aromatic N) is 2. The maximum atomic E-state index is 13.7. The maximum Gasteiger partial charge on any atom is 0.282 e. The molecule has 0 bridgehead atoms. The SMILES string of the molecule is COc1cc(C(=O)N2CCC(c3ccsc3)=C[C@H]2CO[Si](C)(C)C(C)(C)C)c([N+](=O)[O-])cc1C. The van der Waals surface area contributed by atoms with E-state index in [0.717, 1.165) is 5.56 Å². The highest BCUT2D eigenvalue weighted by atomic mass is 32.1. The number of nitro benzene ring substituents is 1. The minimum Gasteiger partial charge on any atom is -0.496 e. The molecule has 0 saturated carbocycles. The van der Waals surface area contributed by atoms with Crippen molar-refractivity contribution in [3.8, 4) is 5.75 Å². The van der Waals surface area contributed by atoms with Crippen LogP contribution in [0, 0.1) is 17.0 Å². The Morgan fingerprint density at radius 2 is 2.03 bits per heavy atom. The molecule has 0 N–H and O–H groups in total. The van der Waals surface area contributed by atoms with E-state index in [-0.39, 0.29) is 28.2 Å². The lowest BCUT2D eigenvalue weighted by molar-refractivity contribution is -0.385. The first kappa shape index (κ1) is 26.1. The van der Waals surface area contributed by atoms with Gasteiger partial charge in [-0.2, -0.15) is 11.3 Å². The van der Waals surface area contributed by atoms with Crippen molar-refractivity contribution in [3.63, 3.8) is 0 Å². The largest absolute Gasteiger partial charge is 0.496 e. The van der Waals surface area contributed by atoms with Gasteiger partial charge >= 0.3 is 0 Å². The van der Waals surface area contributed by atoms with Crippen molar-refractivity contribution in [2.75, 3.05) is 20.3 Å². The van der Waals surface area contributed by atoms with Gasteiger partial charge in [-0.1, -0.05) is 26.8 Å². The average Bonchev–Trinajstić information content (AvgIpc) is 3.31. The van der Waals surface area contributed by atoms with Gasteiger partial charge in [0.1, 0.15) is 11.3 Å². The molecule has 184 valence electrons. The molecule has 1 amide bonds. The van der Waals surface area contributed by atoms with E-state index in [1.807, 2.05) is 5.38 Å². The van der Waals surface area contributed by atoms with E-state index in [4.69, 9.17) is 9.16 Å². The molecule has 2 heterocycles. The quantitative estimate of drug-likeness (QED) is 0.252. The van der Waals surface area contributed by atoms with Crippen LogP contribution in [0.2, 0.25) is 18.1 Å². The molecule has 0 fully saturated rings. The summed E-state index contributed by atoms with van der Waals surface area (Å²) in [6.45, 7) is 13.4. The third-order valence-corrected chi connectivity index (χ3v) is 12.1. The predicted molar refractivity (Wildman–Crippen MR) is 139 cm³/mol. The smallest absolute Gasteiger partial charge is 0.282 e. The summed E-state index contributed by atoms with van der Waals surface area (Å²) in [6.07, 6.45) is 2.77. The van der Waals surface area contributed by atoms with Crippen LogP contribution in [-0.2, 0) is 4.43 Å². The van der Waals surface area contributed by atoms with E-state index in [9.17, 15) is 14.9 Å². The summed E-state index contributed by atoms with van der Waals surface area (Å²) < 4.78 is 11.9. The number of ether oxygens (including phenoxy) is 1. The van der Waals surface area contributed by atoms with Gasteiger partial charge in [0.2, 0.25) is 0 Å². The zero-order chi connectivity index (χ0) is 25.3. The predicted octanol–water partition coefficient (Wildman–Crippen LogP) is 6.29. The van der Waals surface area contributed by atoms with Crippen LogP contribution in [0.5, 0.6) is 5.75 Å². The average molecular weight is 503 g/mol. The van der Waals surface area contributed by atoms with Crippen LogP contribution < -0.4 is 4.74 Å². The number of methoxy groups -OCH3 is 1. The van der Waals surface area contributed by atoms with Crippen molar-refractivity contribution < 1.29 is 18.9 Å². The van der Waals surface area contributed by atoms with E-state index < -0.39 is 13.2 Å². The molecule has 2 aromatic rings. The summed E-state index contributed by atoms with van der Waals surface area (Å²) in [7, 11) is -0.570. The van der Waals surface area contributed by atoms with Gasteiger partial charge in [-0.3, -0.25) is 14.9 Å². The van der Waals surface area contributed by atoms with Gasteiger partial charge in [0.25, 0.3) is 11.6 Å². The lowest BCUT2D eigenvalue weighted by Crippen LogP contribution is -2.49. The summed E-state index contributed by atoms with van der Waals surface area (Å²) in [5.41, 5.74) is 2.77. The molecule has 0 unspecified atom stereocenters. The number of amides is 1. The minimum absolute atomic E-state index is 0.0273. The van der Waals surface area contributed by atoms with E-state index in [1.54, 1.807) is 23.2 Å². The monoisotopic (exact) mass is 502 g/mol. The number of carbonyl (C=O) groups excluding carboxylic acids is 1. The van der Waals surface area contributed by atoms with Crippen LogP contribution in [0.3, 0.4) is 0 Å². The van der Waals surface area contributed by atoms with Crippen molar-refractivity contribution >= 4 is 36.8 Å². The zero-order valence-corrected chi connectivity index (χ0v) is 22.8. The first-order valence-electron chi connectivity index (χ1n) is 11.4. The van der Waals surface area contributed by atoms with Crippen LogP contribution >= 0.6 is 11.3 Å². The maximum absolute atomic E-state index is 13.7. The molecule has 34 heavy (non-hydrogen) atoms. The number of hydrogen-bond acceptors (Lipinski definition) is 6. The molecule has 0 saturated heterocycles. The molecule has 1 aromatic heterocycles. The fourth-order valence-electron chi connectivity index (χ4n) is 3.77. The number of thiophene rings is 1. The zero-order valence-electron chi connectivity index (χ0n) is 21.0. The number of nitro groups is 1. The van der Waals surface area contributed by atoms with E-state index in [1.165, 1.54) is 24.8 Å². The van der Waals surface area contributed by atoms with E-state index in [0.29, 0.717) is 30.9 Å². The number of carbonyl (C=O) groups is 1. The second-order valence-corrected chi connectivity index (χ2v) is 15.8. The Hall–Kier alpha value is -2.49. The Balaban J connectivity index is 2.00. The normalized spacial score (nSPS) is 16.9. The fourth-order valence-corrected chi connectivity index (χ4v) is 5.47. The Morgan fingerprint density at radius 1 is 1.32 bits per heavy atom. The summed E-state index contributed by atoms with van der Waals surface area (Å²) >= 11 is 1.64.